The van der Waals surface area contributed by atoms with Crippen molar-refractivity contribution in [1.29, 1.82) is 0 Å². The zero-order valence-corrected chi connectivity index (χ0v) is 13.2. The highest BCUT2D eigenvalue weighted by Gasteiger charge is 2.32. The maximum Gasteiger partial charge on any atom is 0.243 e. The summed E-state index contributed by atoms with van der Waals surface area (Å²) in [7, 11) is -1.79. The molecule has 2 heterocycles. The van der Waals surface area contributed by atoms with E-state index in [2.05, 4.69) is 5.32 Å². The number of sulfonamides is 1. The Labute approximate surface area is 126 Å². The molecule has 0 aliphatic carbocycles. The molecule has 1 aromatic carbocycles. The summed E-state index contributed by atoms with van der Waals surface area (Å²) in [5.41, 5.74) is 1.89. The molecule has 0 aromatic heterocycles. The van der Waals surface area contributed by atoms with E-state index < -0.39 is 10.0 Å². The predicted octanol–water partition coefficient (Wildman–Crippen LogP) is 1.84. The van der Waals surface area contributed by atoms with Crippen LogP contribution in [-0.2, 0) is 21.2 Å². The molecule has 1 unspecified atom stereocenters. The zero-order valence-electron chi connectivity index (χ0n) is 12.3. The van der Waals surface area contributed by atoms with Gasteiger partial charge < -0.3 is 10.1 Å². The fourth-order valence-electron chi connectivity index (χ4n) is 3.17. The summed E-state index contributed by atoms with van der Waals surface area (Å²) in [5, 5.41) is 3.29. The van der Waals surface area contributed by atoms with E-state index in [0.29, 0.717) is 18.0 Å². The Kier molecular flexibility index (Phi) is 4.19. The van der Waals surface area contributed by atoms with Gasteiger partial charge in [0.1, 0.15) is 0 Å². The van der Waals surface area contributed by atoms with E-state index in [9.17, 15) is 8.42 Å². The van der Waals surface area contributed by atoms with Crippen molar-refractivity contribution in [3.63, 3.8) is 0 Å². The smallest absolute Gasteiger partial charge is 0.243 e. The maximum atomic E-state index is 13.0. The molecule has 1 aromatic rings. The van der Waals surface area contributed by atoms with Crippen molar-refractivity contribution < 1.29 is 13.2 Å². The first kappa shape index (κ1) is 14.8. The third-order valence-corrected chi connectivity index (χ3v) is 6.29. The third kappa shape index (κ3) is 2.80. The summed E-state index contributed by atoms with van der Waals surface area (Å²) >= 11 is 0. The van der Waals surface area contributed by atoms with Crippen molar-refractivity contribution >= 4 is 15.7 Å². The summed E-state index contributed by atoms with van der Waals surface area (Å²) in [6, 6.07) is 5.51. The quantitative estimate of drug-likeness (QED) is 0.925. The van der Waals surface area contributed by atoms with Gasteiger partial charge >= 0.3 is 0 Å². The Hall–Kier alpha value is -1.11. The van der Waals surface area contributed by atoms with E-state index in [0.717, 1.165) is 43.5 Å². The van der Waals surface area contributed by atoms with Crippen LogP contribution in [0, 0.1) is 0 Å². The number of nitrogens with zero attached hydrogens (tertiary/aromatic N) is 1. The summed E-state index contributed by atoms with van der Waals surface area (Å²) in [6.07, 6.45) is 3.58. The van der Waals surface area contributed by atoms with Crippen LogP contribution in [0.25, 0.3) is 0 Å². The minimum Gasteiger partial charge on any atom is -0.385 e. The van der Waals surface area contributed by atoms with Gasteiger partial charge in [0.05, 0.1) is 11.0 Å². The van der Waals surface area contributed by atoms with Crippen LogP contribution in [0.1, 0.15) is 24.8 Å². The van der Waals surface area contributed by atoms with Gasteiger partial charge in [-0.25, -0.2) is 8.42 Å². The van der Waals surface area contributed by atoms with Gasteiger partial charge in [0.15, 0.2) is 0 Å². The first-order valence-electron chi connectivity index (χ1n) is 7.51. The number of rotatable bonds is 3. The number of ether oxygens (including phenoxy) is 1. The number of benzene rings is 1. The predicted molar refractivity (Wildman–Crippen MR) is 82.0 cm³/mol. The second kappa shape index (κ2) is 5.94. The van der Waals surface area contributed by atoms with Crippen molar-refractivity contribution in [2.75, 3.05) is 32.1 Å². The molecule has 116 valence electrons. The van der Waals surface area contributed by atoms with Crippen LogP contribution in [0.15, 0.2) is 23.1 Å². The van der Waals surface area contributed by atoms with Crippen LogP contribution in [0.5, 0.6) is 0 Å². The monoisotopic (exact) mass is 310 g/mol. The van der Waals surface area contributed by atoms with E-state index in [1.165, 1.54) is 0 Å². The largest absolute Gasteiger partial charge is 0.385 e. The lowest BCUT2D eigenvalue weighted by molar-refractivity contribution is 0.0571. The van der Waals surface area contributed by atoms with Crippen LogP contribution in [0.3, 0.4) is 0 Å². The van der Waals surface area contributed by atoms with Gasteiger partial charge in [-0.2, -0.15) is 4.31 Å². The Balaban J connectivity index is 1.95. The van der Waals surface area contributed by atoms with Gasteiger partial charge in [-0.05, 0) is 43.4 Å². The summed E-state index contributed by atoms with van der Waals surface area (Å²) in [4.78, 5) is 0.462. The Morgan fingerprint density at radius 2 is 2.19 bits per heavy atom. The van der Waals surface area contributed by atoms with E-state index in [1.807, 2.05) is 12.1 Å². The van der Waals surface area contributed by atoms with E-state index in [-0.39, 0.29) is 6.10 Å². The number of fused-ring (bicyclic) bond motifs is 1. The number of methoxy groups -OCH3 is 1. The van der Waals surface area contributed by atoms with E-state index >= 15 is 0 Å². The molecule has 1 saturated heterocycles. The first-order chi connectivity index (χ1) is 10.1. The van der Waals surface area contributed by atoms with E-state index in [4.69, 9.17) is 4.74 Å². The molecule has 1 fully saturated rings. The SMILES string of the molecule is COC1CCCN(S(=O)(=O)c2cccc3c2CCCN3)C1. The van der Waals surface area contributed by atoms with Crippen molar-refractivity contribution in [2.45, 2.75) is 36.7 Å². The normalized spacial score (nSPS) is 23.4. The molecule has 0 saturated carbocycles. The average molecular weight is 310 g/mol. The third-order valence-electron chi connectivity index (χ3n) is 4.34. The number of nitrogens with one attached hydrogen (secondary N) is 1. The fraction of sp³-hybridized carbons (Fsp3) is 0.600. The molecule has 6 heteroatoms. The van der Waals surface area contributed by atoms with Crippen LogP contribution < -0.4 is 5.32 Å². The lowest BCUT2D eigenvalue weighted by Crippen LogP contribution is -2.43. The zero-order chi connectivity index (χ0) is 14.9. The Morgan fingerprint density at radius 3 is 3.00 bits per heavy atom. The highest BCUT2D eigenvalue weighted by Crippen LogP contribution is 2.31. The highest BCUT2D eigenvalue weighted by molar-refractivity contribution is 7.89. The average Bonchev–Trinajstić information content (AvgIpc) is 2.54. The molecule has 0 spiro atoms. The molecular weight excluding hydrogens is 288 g/mol. The number of anilines is 1. The van der Waals surface area contributed by atoms with E-state index in [1.54, 1.807) is 17.5 Å². The summed E-state index contributed by atoms with van der Waals surface area (Å²) < 4.78 is 32.9. The summed E-state index contributed by atoms with van der Waals surface area (Å²) in [5.74, 6) is 0. The molecule has 0 bridgehead atoms. The number of hydrogen-bond acceptors (Lipinski definition) is 4. The first-order valence-corrected chi connectivity index (χ1v) is 8.95. The van der Waals surface area contributed by atoms with Gasteiger partial charge in [-0.15, -0.1) is 0 Å². The molecule has 1 atom stereocenters. The minimum atomic E-state index is -3.43. The Bertz CT molecular complexity index is 615. The van der Waals surface area contributed by atoms with Crippen molar-refractivity contribution in [2.24, 2.45) is 0 Å². The number of piperidine rings is 1. The lowest BCUT2D eigenvalue weighted by atomic mass is 10.0. The van der Waals surface area contributed by atoms with Crippen molar-refractivity contribution in [1.82, 2.24) is 4.31 Å². The molecule has 0 radical (unpaired) electrons. The van der Waals surface area contributed by atoms with Crippen molar-refractivity contribution in [3.8, 4) is 0 Å². The molecule has 0 amide bonds. The Morgan fingerprint density at radius 1 is 1.33 bits per heavy atom. The second-order valence-corrected chi connectivity index (χ2v) is 7.58. The van der Waals surface area contributed by atoms with Gasteiger partial charge in [0.2, 0.25) is 10.0 Å². The molecule has 2 aliphatic rings. The minimum absolute atomic E-state index is 0.00573. The molecular formula is C15H22N2O3S. The van der Waals surface area contributed by atoms with Gasteiger partial charge in [-0.3, -0.25) is 0 Å². The van der Waals surface area contributed by atoms with Crippen LogP contribution >= 0.6 is 0 Å². The standard InChI is InChI=1S/C15H22N2O3S/c1-20-12-5-4-10-17(11-12)21(18,19)15-8-2-7-14-13(15)6-3-9-16-14/h2,7-8,12,16H,3-6,9-11H2,1H3. The number of hydrogen-bond donors (Lipinski definition) is 1. The van der Waals surface area contributed by atoms with Gasteiger partial charge in [0.25, 0.3) is 0 Å². The van der Waals surface area contributed by atoms with Crippen LogP contribution in [0.2, 0.25) is 0 Å². The van der Waals surface area contributed by atoms with Crippen LogP contribution in [0.4, 0.5) is 5.69 Å². The van der Waals surface area contributed by atoms with Gasteiger partial charge in [0, 0.05) is 32.4 Å². The molecule has 5 nitrogen and oxygen atoms in total. The van der Waals surface area contributed by atoms with Crippen molar-refractivity contribution in [3.05, 3.63) is 23.8 Å². The highest BCUT2D eigenvalue weighted by atomic mass is 32.2. The fourth-order valence-corrected chi connectivity index (χ4v) is 4.96. The summed E-state index contributed by atoms with van der Waals surface area (Å²) in [6.45, 7) is 1.95. The van der Waals surface area contributed by atoms with Crippen LogP contribution in [-0.4, -0.2) is 45.6 Å². The molecule has 21 heavy (non-hydrogen) atoms. The molecule has 2 aliphatic heterocycles. The maximum absolute atomic E-state index is 13.0. The van der Waals surface area contributed by atoms with Gasteiger partial charge in [-0.1, -0.05) is 6.07 Å². The second-order valence-electron chi connectivity index (χ2n) is 5.68. The lowest BCUT2D eigenvalue weighted by Gasteiger charge is -2.32. The molecule has 3 rings (SSSR count). The molecule has 1 N–H and O–H groups in total. The topological polar surface area (TPSA) is 58.6 Å².